The topological polar surface area (TPSA) is 35.8 Å². The predicted octanol–water partition coefficient (Wildman–Crippen LogP) is 4.03. The van der Waals surface area contributed by atoms with Crippen LogP contribution in [0.15, 0.2) is 42.5 Å². The summed E-state index contributed by atoms with van der Waals surface area (Å²) in [6.07, 6.45) is 1.14. The molecule has 0 bridgehead atoms. The maximum atomic E-state index is 9.02. The van der Waals surface area contributed by atoms with Crippen LogP contribution in [0, 0.1) is 18.3 Å². The highest BCUT2D eigenvalue weighted by molar-refractivity contribution is 5.69. The molecule has 2 rings (SSSR count). The van der Waals surface area contributed by atoms with Gasteiger partial charge < -0.3 is 5.32 Å². The smallest absolute Gasteiger partial charge is 0.0991 e. The van der Waals surface area contributed by atoms with Crippen molar-refractivity contribution in [2.45, 2.75) is 26.8 Å². The highest BCUT2D eigenvalue weighted by Crippen LogP contribution is 2.25. The van der Waals surface area contributed by atoms with Gasteiger partial charge in [0.1, 0.15) is 0 Å². The molecular weight excluding hydrogens is 244 g/mol. The zero-order valence-electron chi connectivity index (χ0n) is 12.1. The molecular formula is C18H20N2. The number of hydrogen-bond donors (Lipinski definition) is 1. The lowest BCUT2D eigenvalue weighted by molar-refractivity contribution is 0.675. The Morgan fingerprint density at radius 1 is 1.15 bits per heavy atom. The van der Waals surface area contributed by atoms with E-state index in [4.69, 9.17) is 5.26 Å². The fraction of sp³-hybridized carbons (Fsp3) is 0.278. The molecule has 20 heavy (non-hydrogen) atoms. The van der Waals surface area contributed by atoms with Crippen molar-refractivity contribution in [2.24, 2.45) is 0 Å². The molecule has 0 fully saturated rings. The molecule has 0 radical (unpaired) electrons. The second-order valence-electron chi connectivity index (χ2n) is 5.02. The number of nitrogens with zero attached hydrogens (tertiary/aromatic N) is 1. The molecule has 0 saturated carbocycles. The van der Waals surface area contributed by atoms with Crippen LogP contribution < -0.4 is 5.32 Å². The van der Waals surface area contributed by atoms with Crippen LogP contribution in [0.25, 0.3) is 11.1 Å². The monoisotopic (exact) mass is 264 g/mol. The van der Waals surface area contributed by atoms with Gasteiger partial charge in [-0.3, -0.25) is 0 Å². The minimum atomic E-state index is 0.705. The molecule has 0 unspecified atom stereocenters. The summed E-state index contributed by atoms with van der Waals surface area (Å²) < 4.78 is 0. The average Bonchev–Trinajstić information content (AvgIpc) is 2.49. The Kier molecular flexibility index (Phi) is 4.92. The molecule has 2 aromatic rings. The summed E-state index contributed by atoms with van der Waals surface area (Å²) in [5, 5.41) is 12.4. The fourth-order valence-electron chi connectivity index (χ4n) is 2.26. The second-order valence-corrected chi connectivity index (χ2v) is 5.02. The third-order valence-corrected chi connectivity index (χ3v) is 3.36. The third kappa shape index (κ3) is 3.46. The van der Waals surface area contributed by atoms with E-state index in [0.717, 1.165) is 25.1 Å². The number of hydrogen-bond acceptors (Lipinski definition) is 2. The van der Waals surface area contributed by atoms with Crippen LogP contribution in [0.1, 0.15) is 30.0 Å². The lowest BCUT2D eigenvalue weighted by atomic mass is 9.97. The van der Waals surface area contributed by atoms with Crippen molar-refractivity contribution >= 4 is 0 Å². The molecule has 0 amide bonds. The first-order valence-electron chi connectivity index (χ1n) is 7.05. The van der Waals surface area contributed by atoms with Gasteiger partial charge in [0.05, 0.1) is 11.6 Å². The summed E-state index contributed by atoms with van der Waals surface area (Å²) in [5.74, 6) is 0. The molecule has 102 valence electrons. The lowest BCUT2D eigenvalue weighted by Gasteiger charge is -2.10. The minimum absolute atomic E-state index is 0.705. The Morgan fingerprint density at radius 3 is 2.75 bits per heavy atom. The third-order valence-electron chi connectivity index (χ3n) is 3.36. The normalized spacial score (nSPS) is 10.2. The summed E-state index contributed by atoms with van der Waals surface area (Å²) in [6, 6.07) is 16.5. The van der Waals surface area contributed by atoms with Gasteiger partial charge in [0.15, 0.2) is 0 Å². The quantitative estimate of drug-likeness (QED) is 0.827. The summed E-state index contributed by atoms with van der Waals surface area (Å²) in [6.45, 7) is 6.20. The van der Waals surface area contributed by atoms with Gasteiger partial charge >= 0.3 is 0 Å². The van der Waals surface area contributed by atoms with Crippen molar-refractivity contribution in [1.82, 2.24) is 5.32 Å². The van der Waals surface area contributed by atoms with E-state index in [-0.39, 0.29) is 0 Å². The largest absolute Gasteiger partial charge is 0.313 e. The zero-order valence-corrected chi connectivity index (χ0v) is 12.1. The van der Waals surface area contributed by atoms with Gasteiger partial charge in [-0.15, -0.1) is 0 Å². The van der Waals surface area contributed by atoms with Crippen molar-refractivity contribution < 1.29 is 0 Å². The summed E-state index contributed by atoms with van der Waals surface area (Å²) in [5.41, 5.74) is 5.54. The number of benzene rings is 2. The molecule has 0 atom stereocenters. The van der Waals surface area contributed by atoms with E-state index in [1.807, 2.05) is 18.2 Å². The van der Waals surface area contributed by atoms with Gasteiger partial charge in [0.25, 0.3) is 0 Å². The molecule has 2 heteroatoms. The summed E-state index contributed by atoms with van der Waals surface area (Å²) in [4.78, 5) is 0. The van der Waals surface area contributed by atoms with Gasteiger partial charge in [-0.1, -0.05) is 31.2 Å². The van der Waals surface area contributed by atoms with Crippen LogP contribution in [-0.4, -0.2) is 6.54 Å². The Labute approximate surface area is 121 Å². The zero-order chi connectivity index (χ0) is 14.4. The van der Waals surface area contributed by atoms with E-state index in [9.17, 15) is 0 Å². The molecule has 0 aromatic heterocycles. The first-order chi connectivity index (χ1) is 9.74. The maximum absolute atomic E-state index is 9.02. The van der Waals surface area contributed by atoms with Crippen molar-refractivity contribution in [3.05, 3.63) is 59.2 Å². The molecule has 0 saturated heterocycles. The van der Waals surface area contributed by atoms with Crippen LogP contribution in [0.5, 0.6) is 0 Å². The van der Waals surface area contributed by atoms with Crippen LogP contribution in [-0.2, 0) is 6.54 Å². The maximum Gasteiger partial charge on any atom is 0.0991 e. The van der Waals surface area contributed by atoms with E-state index in [1.54, 1.807) is 0 Å². The highest BCUT2D eigenvalue weighted by Gasteiger charge is 2.04. The van der Waals surface area contributed by atoms with E-state index in [1.165, 1.54) is 16.7 Å². The number of nitriles is 1. The first-order valence-corrected chi connectivity index (χ1v) is 7.05. The van der Waals surface area contributed by atoms with Crippen LogP contribution in [0.3, 0.4) is 0 Å². The van der Waals surface area contributed by atoms with Crippen molar-refractivity contribution in [2.75, 3.05) is 6.54 Å². The molecule has 1 N–H and O–H groups in total. The van der Waals surface area contributed by atoms with Gasteiger partial charge in [-0.25, -0.2) is 0 Å². The van der Waals surface area contributed by atoms with Gasteiger partial charge in [0.2, 0.25) is 0 Å². The van der Waals surface area contributed by atoms with E-state index < -0.39 is 0 Å². The van der Waals surface area contributed by atoms with Crippen LogP contribution in [0.4, 0.5) is 0 Å². The first kappa shape index (κ1) is 14.3. The van der Waals surface area contributed by atoms with E-state index in [2.05, 4.69) is 49.5 Å². The number of nitrogens with one attached hydrogen (secondary N) is 1. The van der Waals surface area contributed by atoms with Gasteiger partial charge in [-0.05, 0) is 60.3 Å². The Balaban J connectivity index is 2.30. The van der Waals surface area contributed by atoms with E-state index in [0.29, 0.717) is 5.56 Å². The van der Waals surface area contributed by atoms with Crippen molar-refractivity contribution in [3.8, 4) is 17.2 Å². The lowest BCUT2D eigenvalue weighted by Crippen LogP contribution is -2.13. The summed E-state index contributed by atoms with van der Waals surface area (Å²) >= 11 is 0. The van der Waals surface area contributed by atoms with E-state index >= 15 is 0 Å². The predicted molar refractivity (Wildman–Crippen MR) is 83.3 cm³/mol. The molecule has 2 nitrogen and oxygen atoms in total. The Morgan fingerprint density at radius 2 is 2.00 bits per heavy atom. The second kappa shape index (κ2) is 6.88. The Hall–Kier alpha value is -2.11. The molecule has 0 spiro atoms. The van der Waals surface area contributed by atoms with Crippen LogP contribution in [0.2, 0.25) is 0 Å². The number of aryl methyl sites for hydroxylation is 1. The average molecular weight is 264 g/mol. The van der Waals surface area contributed by atoms with Gasteiger partial charge in [0, 0.05) is 6.54 Å². The number of rotatable bonds is 5. The minimum Gasteiger partial charge on any atom is -0.313 e. The van der Waals surface area contributed by atoms with Crippen LogP contribution >= 0.6 is 0 Å². The molecule has 0 aliphatic heterocycles. The summed E-state index contributed by atoms with van der Waals surface area (Å²) in [7, 11) is 0. The highest BCUT2D eigenvalue weighted by atomic mass is 14.8. The fourth-order valence-corrected chi connectivity index (χ4v) is 2.26. The Bertz CT molecular complexity index is 624. The standard InChI is InChI=1S/C18H20N2/c1-3-9-20-13-16-8-7-14(2)18(11-16)17-6-4-5-15(10-17)12-19/h4-8,10-11,20H,3,9,13H2,1-2H3. The van der Waals surface area contributed by atoms with Crippen molar-refractivity contribution in [3.63, 3.8) is 0 Å². The molecule has 0 heterocycles. The molecule has 2 aromatic carbocycles. The van der Waals surface area contributed by atoms with Gasteiger partial charge in [-0.2, -0.15) is 5.26 Å². The molecule has 0 aliphatic carbocycles. The van der Waals surface area contributed by atoms with Crippen molar-refractivity contribution in [1.29, 1.82) is 5.26 Å². The molecule has 0 aliphatic rings. The SMILES string of the molecule is CCCNCc1ccc(C)c(-c2cccc(C#N)c2)c1.